The summed E-state index contributed by atoms with van der Waals surface area (Å²) in [6.07, 6.45) is 11.3. The van der Waals surface area contributed by atoms with Crippen LogP contribution in [0.4, 0.5) is 0 Å². The number of rotatable bonds is 6. The van der Waals surface area contributed by atoms with Gasteiger partial charge in [-0.15, -0.1) is 11.8 Å². The molecule has 0 aromatic heterocycles. The van der Waals surface area contributed by atoms with Gasteiger partial charge < -0.3 is 19.6 Å². The Bertz CT molecular complexity index is 1150. The van der Waals surface area contributed by atoms with Crippen molar-refractivity contribution in [2.45, 2.75) is 74.6 Å². The van der Waals surface area contributed by atoms with Crippen molar-refractivity contribution in [2.24, 2.45) is 17.8 Å². The van der Waals surface area contributed by atoms with E-state index >= 15 is 0 Å². The third-order valence-corrected chi connectivity index (χ3v) is 10.4. The Kier molecular flexibility index (Phi) is 7.98. The third-order valence-electron chi connectivity index (χ3n) is 8.59. The largest absolute Gasteiger partial charge is 0.465 e. The molecule has 0 bridgehead atoms. The number of benzene rings is 1. The van der Waals surface area contributed by atoms with Gasteiger partial charge >= 0.3 is 5.97 Å². The van der Waals surface area contributed by atoms with Crippen LogP contribution in [-0.2, 0) is 25.7 Å². The predicted octanol–water partition coefficient (Wildman–Crippen LogP) is 3.96. The molecule has 210 valence electrons. The molecule has 2 fully saturated rings. The first kappa shape index (κ1) is 28.0. The number of likely N-dealkylation sites (tertiary alicyclic amines) is 1. The van der Waals surface area contributed by atoms with E-state index in [0.717, 1.165) is 24.8 Å². The standard InChI is InChI=1S/C31H40N2O5S/c1-21(2)18-23(20-34)33-26-28(36)32(19-22-12-7-6-8-13-22)16-11-15-31(26)24(27(33)35)25-29(37)38-17-10-5-4-9-14-30(25,3)39-31/h6-9,11-15,21,23-26,34H,4-5,10,16-20H2,1-3H3/b14-9-/t23-,24+,25-,26?,30+,31+/m1/s1. The zero-order valence-electron chi connectivity index (χ0n) is 23.1. The van der Waals surface area contributed by atoms with E-state index in [1.54, 1.807) is 21.6 Å². The lowest BCUT2D eigenvalue weighted by atomic mass is 9.74. The summed E-state index contributed by atoms with van der Waals surface area (Å²) >= 11 is 1.55. The number of carbonyl (C=O) groups excluding carboxylic acids is 3. The van der Waals surface area contributed by atoms with Gasteiger partial charge in [0.15, 0.2) is 0 Å². The van der Waals surface area contributed by atoms with E-state index < -0.39 is 33.4 Å². The van der Waals surface area contributed by atoms with Crippen LogP contribution in [0.25, 0.3) is 0 Å². The molecular formula is C31H40N2O5S. The maximum Gasteiger partial charge on any atom is 0.311 e. The van der Waals surface area contributed by atoms with E-state index in [1.165, 1.54) is 0 Å². The molecule has 6 atom stereocenters. The van der Waals surface area contributed by atoms with Crippen LogP contribution < -0.4 is 0 Å². The highest BCUT2D eigenvalue weighted by molar-refractivity contribution is 8.02. The molecule has 1 unspecified atom stereocenters. The van der Waals surface area contributed by atoms with Crippen LogP contribution in [-0.4, -0.2) is 74.0 Å². The number of nitrogens with zero attached hydrogens (tertiary/aromatic N) is 2. The maximum atomic E-state index is 14.5. The molecule has 2 saturated heterocycles. The van der Waals surface area contributed by atoms with Crippen molar-refractivity contribution in [3.63, 3.8) is 0 Å². The second-order valence-corrected chi connectivity index (χ2v) is 13.7. The minimum atomic E-state index is -0.944. The highest BCUT2D eigenvalue weighted by atomic mass is 32.2. The van der Waals surface area contributed by atoms with E-state index in [4.69, 9.17) is 4.74 Å². The van der Waals surface area contributed by atoms with Crippen molar-refractivity contribution in [3.05, 3.63) is 60.2 Å². The fourth-order valence-electron chi connectivity index (χ4n) is 6.94. The molecule has 8 heteroatoms. The molecule has 0 saturated carbocycles. The first-order valence-electron chi connectivity index (χ1n) is 14.2. The number of thioether (sulfide) groups is 1. The van der Waals surface area contributed by atoms with E-state index in [-0.39, 0.29) is 30.3 Å². The monoisotopic (exact) mass is 552 g/mol. The number of aliphatic hydroxyl groups is 1. The summed E-state index contributed by atoms with van der Waals surface area (Å²) in [6.45, 7) is 7.03. The quantitative estimate of drug-likeness (QED) is 0.425. The molecule has 4 aliphatic heterocycles. The molecule has 0 radical (unpaired) electrons. The van der Waals surface area contributed by atoms with Crippen molar-refractivity contribution >= 4 is 29.5 Å². The average molecular weight is 553 g/mol. The molecule has 1 aromatic carbocycles. The molecule has 7 nitrogen and oxygen atoms in total. The van der Waals surface area contributed by atoms with Crippen LogP contribution in [0.1, 0.15) is 52.0 Å². The summed E-state index contributed by atoms with van der Waals surface area (Å²) < 4.78 is 4.10. The lowest BCUT2D eigenvalue weighted by Crippen LogP contribution is -2.56. The van der Waals surface area contributed by atoms with Gasteiger partial charge in [-0.2, -0.15) is 0 Å². The van der Waals surface area contributed by atoms with Crippen LogP contribution in [0.15, 0.2) is 54.6 Å². The number of hydrogen-bond acceptors (Lipinski definition) is 6. The molecule has 2 amide bonds. The number of ether oxygens (including phenoxy) is 1. The Morgan fingerprint density at radius 1 is 1.05 bits per heavy atom. The molecular weight excluding hydrogens is 512 g/mol. The molecule has 5 rings (SSSR count). The van der Waals surface area contributed by atoms with Crippen LogP contribution >= 0.6 is 11.8 Å². The Morgan fingerprint density at radius 3 is 2.54 bits per heavy atom. The van der Waals surface area contributed by atoms with E-state index in [2.05, 4.69) is 12.2 Å². The Balaban J connectivity index is 1.63. The minimum Gasteiger partial charge on any atom is -0.465 e. The maximum absolute atomic E-state index is 14.5. The van der Waals surface area contributed by atoms with E-state index in [1.807, 2.05) is 63.3 Å². The number of fused-ring (bicyclic) bond motifs is 2. The Hall–Kier alpha value is -2.58. The smallest absolute Gasteiger partial charge is 0.311 e. The molecule has 1 aromatic rings. The van der Waals surface area contributed by atoms with Gasteiger partial charge in [-0.05, 0) is 44.1 Å². The summed E-state index contributed by atoms with van der Waals surface area (Å²) in [6, 6.07) is 8.50. The van der Waals surface area contributed by atoms with Gasteiger partial charge in [-0.1, -0.05) is 68.5 Å². The average Bonchev–Trinajstić information content (AvgIpc) is 3.25. The number of esters is 1. The van der Waals surface area contributed by atoms with Gasteiger partial charge in [0.05, 0.1) is 35.8 Å². The van der Waals surface area contributed by atoms with Crippen molar-refractivity contribution in [1.82, 2.24) is 9.80 Å². The number of hydrogen-bond donors (Lipinski definition) is 1. The zero-order valence-corrected chi connectivity index (χ0v) is 23.9. The van der Waals surface area contributed by atoms with Gasteiger partial charge in [-0.3, -0.25) is 14.4 Å². The van der Waals surface area contributed by atoms with Crippen molar-refractivity contribution in [1.29, 1.82) is 0 Å². The summed E-state index contributed by atoms with van der Waals surface area (Å²) in [5.41, 5.74) is 1.01. The number of carbonyl (C=O) groups is 3. The number of aliphatic hydroxyl groups excluding tert-OH is 1. The fraction of sp³-hybridized carbons (Fsp3) is 0.581. The lowest BCUT2D eigenvalue weighted by molar-refractivity contribution is -0.155. The summed E-state index contributed by atoms with van der Waals surface area (Å²) in [7, 11) is 0. The number of allylic oxidation sites excluding steroid dienone is 1. The van der Waals surface area contributed by atoms with Gasteiger partial charge in [0.25, 0.3) is 0 Å². The molecule has 39 heavy (non-hydrogen) atoms. The molecule has 1 spiro atoms. The normalized spacial score (nSPS) is 34.3. The van der Waals surface area contributed by atoms with Gasteiger partial charge in [0.1, 0.15) is 6.04 Å². The van der Waals surface area contributed by atoms with Crippen molar-refractivity contribution in [2.75, 3.05) is 19.8 Å². The predicted molar refractivity (Wildman–Crippen MR) is 152 cm³/mol. The topological polar surface area (TPSA) is 87.2 Å². The Labute approximate surface area is 235 Å². The second-order valence-electron chi connectivity index (χ2n) is 11.9. The van der Waals surface area contributed by atoms with Crippen LogP contribution in [0.3, 0.4) is 0 Å². The van der Waals surface area contributed by atoms with Crippen molar-refractivity contribution in [3.8, 4) is 0 Å². The van der Waals surface area contributed by atoms with E-state index in [0.29, 0.717) is 26.1 Å². The van der Waals surface area contributed by atoms with E-state index in [9.17, 15) is 19.5 Å². The van der Waals surface area contributed by atoms with Crippen LogP contribution in [0.5, 0.6) is 0 Å². The summed E-state index contributed by atoms with van der Waals surface area (Å²) in [4.78, 5) is 46.1. The van der Waals surface area contributed by atoms with Gasteiger partial charge in [0, 0.05) is 17.8 Å². The molecule has 4 aliphatic rings. The highest BCUT2D eigenvalue weighted by Crippen LogP contribution is 2.65. The van der Waals surface area contributed by atoms with Gasteiger partial charge in [0.2, 0.25) is 11.8 Å². The molecule has 4 heterocycles. The minimum absolute atomic E-state index is 0.140. The van der Waals surface area contributed by atoms with Crippen LogP contribution in [0.2, 0.25) is 0 Å². The Morgan fingerprint density at radius 2 is 1.82 bits per heavy atom. The second kappa shape index (κ2) is 11.1. The first-order valence-corrected chi connectivity index (χ1v) is 15.0. The number of amides is 2. The molecule has 0 aliphatic carbocycles. The van der Waals surface area contributed by atoms with Crippen molar-refractivity contribution < 1.29 is 24.2 Å². The highest BCUT2D eigenvalue weighted by Gasteiger charge is 2.74. The van der Waals surface area contributed by atoms with Crippen LogP contribution in [0, 0.1) is 17.8 Å². The van der Waals surface area contributed by atoms with Gasteiger partial charge in [-0.25, -0.2) is 0 Å². The summed E-state index contributed by atoms with van der Waals surface area (Å²) in [5.74, 6) is -2.02. The third kappa shape index (κ3) is 4.95. The summed E-state index contributed by atoms with van der Waals surface area (Å²) in [5, 5.41) is 10.5. The fourth-order valence-corrected chi connectivity index (χ4v) is 9.08. The SMILES string of the molecule is CC(C)C[C@H](CO)N1C(=O)[C@@H]2[C@@H]3C(=O)OCCCC/C=C\[C@]3(C)S[C@@]23C=CCN(Cc2ccccc2)C(=O)C13. The zero-order chi connectivity index (χ0) is 27.8. The first-order chi connectivity index (χ1) is 18.7. The molecule has 1 N–H and O–H groups in total. The lowest BCUT2D eigenvalue weighted by Gasteiger charge is -2.40. The number of cyclic esters (lactones) is 1.